The molecule has 0 saturated carbocycles. The van der Waals surface area contributed by atoms with E-state index in [1.54, 1.807) is 13.8 Å². The highest BCUT2D eigenvalue weighted by Gasteiger charge is 2.46. The van der Waals surface area contributed by atoms with Gasteiger partial charge in [-0.2, -0.15) is 13.2 Å². The predicted molar refractivity (Wildman–Crippen MR) is 115 cm³/mol. The monoisotopic (exact) mass is 484 g/mol. The van der Waals surface area contributed by atoms with Crippen molar-refractivity contribution in [1.82, 2.24) is 4.90 Å². The molecule has 186 valence electrons. The number of carbonyl (C=O) groups is 2. The summed E-state index contributed by atoms with van der Waals surface area (Å²) < 4.78 is 62.7. The SMILES string of the molecule is CCOC(=O)OC1=C(C)N=C(N2CCCC2)C(OC(=O)OCC)C1c1ccccc1C(F)(F)F. The molecular formula is C23H27F3N2O6. The number of carbonyl (C=O) groups excluding carboxylic acids is 2. The van der Waals surface area contributed by atoms with Crippen molar-refractivity contribution in [3.8, 4) is 0 Å². The van der Waals surface area contributed by atoms with Crippen molar-refractivity contribution in [2.45, 2.75) is 51.8 Å². The number of aliphatic imine (C=N–C) groups is 1. The molecule has 3 rings (SSSR count). The minimum absolute atomic E-state index is 0.0000157. The molecule has 0 amide bonds. The van der Waals surface area contributed by atoms with Gasteiger partial charge in [-0.05, 0) is 45.2 Å². The summed E-state index contributed by atoms with van der Waals surface area (Å²) in [4.78, 5) is 30.9. The van der Waals surface area contributed by atoms with Gasteiger partial charge in [0.05, 0.1) is 30.4 Å². The number of nitrogens with zero attached hydrogens (tertiary/aromatic N) is 2. The Bertz CT molecular complexity index is 970. The molecule has 0 aromatic heterocycles. The first-order chi connectivity index (χ1) is 16.2. The molecule has 1 aromatic rings. The molecule has 11 heteroatoms. The number of allylic oxidation sites excluding steroid dienone is 1. The number of hydrogen-bond acceptors (Lipinski definition) is 8. The fourth-order valence-electron chi connectivity index (χ4n) is 4.08. The predicted octanol–water partition coefficient (Wildman–Crippen LogP) is 5.24. The number of ether oxygens (including phenoxy) is 4. The van der Waals surface area contributed by atoms with E-state index in [9.17, 15) is 22.8 Å². The third-order valence-electron chi connectivity index (χ3n) is 5.45. The van der Waals surface area contributed by atoms with Gasteiger partial charge in [0.1, 0.15) is 11.6 Å². The standard InChI is InChI=1S/C23H27F3N2O6/c1-4-31-21(29)33-18-14(3)27-20(28-12-8-9-13-28)19(34-22(30)32-5-2)17(18)15-10-6-7-11-16(15)23(24,25)26/h6-7,10-11,17,19H,4-5,8-9,12-13H2,1-3H3. The van der Waals surface area contributed by atoms with Crippen molar-refractivity contribution in [1.29, 1.82) is 0 Å². The maximum Gasteiger partial charge on any atom is 0.513 e. The van der Waals surface area contributed by atoms with E-state index in [0.29, 0.717) is 13.1 Å². The second-order valence-corrected chi connectivity index (χ2v) is 7.68. The van der Waals surface area contributed by atoms with Crippen LogP contribution in [0, 0.1) is 0 Å². The van der Waals surface area contributed by atoms with Crippen LogP contribution in [-0.4, -0.2) is 55.5 Å². The summed E-state index contributed by atoms with van der Waals surface area (Å²) in [6.45, 7) is 5.86. The van der Waals surface area contributed by atoms with Crippen LogP contribution < -0.4 is 0 Å². The van der Waals surface area contributed by atoms with Crippen molar-refractivity contribution >= 4 is 18.1 Å². The summed E-state index contributed by atoms with van der Waals surface area (Å²) >= 11 is 0. The number of amidine groups is 1. The maximum absolute atomic E-state index is 14.0. The average Bonchev–Trinajstić information content (AvgIpc) is 3.30. The van der Waals surface area contributed by atoms with Crippen molar-refractivity contribution in [2.75, 3.05) is 26.3 Å². The first-order valence-electron chi connectivity index (χ1n) is 11.1. The zero-order valence-electron chi connectivity index (χ0n) is 19.2. The number of rotatable bonds is 5. The van der Waals surface area contributed by atoms with Crippen molar-refractivity contribution in [2.24, 2.45) is 4.99 Å². The Labute approximate surface area is 195 Å². The van der Waals surface area contributed by atoms with E-state index >= 15 is 0 Å². The molecule has 1 fully saturated rings. The number of likely N-dealkylation sites (tertiary alicyclic amines) is 1. The van der Waals surface area contributed by atoms with Crippen molar-refractivity contribution in [3.05, 3.63) is 46.8 Å². The lowest BCUT2D eigenvalue weighted by Gasteiger charge is -2.37. The molecular weight excluding hydrogens is 457 g/mol. The fourth-order valence-corrected chi connectivity index (χ4v) is 4.08. The van der Waals surface area contributed by atoms with E-state index in [4.69, 9.17) is 18.9 Å². The second-order valence-electron chi connectivity index (χ2n) is 7.68. The summed E-state index contributed by atoms with van der Waals surface area (Å²) in [5.41, 5.74) is -0.993. The van der Waals surface area contributed by atoms with E-state index in [0.717, 1.165) is 18.9 Å². The molecule has 0 aliphatic carbocycles. The number of hydrogen-bond donors (Lipinski definition) is 0. The molecule has 2 atom stereocenters. The lowest BCUT2D eigenvalue weighted by molar-refractivity contribution is -0.138. The fraction of sp³-hybridized carbons (Fsp3) is 0.522. The van der Waals surface area contributed by atoms with Gasteiger partial charge in [-0.25, -0.2) is 14.6 Å². The smallest absolute Gasteiger partial charge is 0.435 e. The van der Waals surface area contributed by atoms with Crippen LogP contribution in [0.5, 0.6) is 0 Å². The van der Waals surface area contributed by atoms with E-state index in [2.05, 4.69) is 4.99 Å². The first kappa shape index (κ1) is 25.4. The molecule has 2 unspecified atom stereocenters. The molecule has 0 N–H and O–H groups in total. The zero-order chi connectivity index (χ0) is 24.9. The molecule has 0 spiro atoms. The van der Waals surface area contributed by atoms with Crippen LogP contribution in [0.1, 0.15) is 50.7 Å². The van der Waals surface area contributed by atoms with Crippen molar-refractivity contribution in [3.63, 3.8) is 0 Å². The van der Waals surface area contributed by atoms with Gasteiger partial charge in [-0.1, -0.05) is 18.2 Å². The van der Waals surface area contributed by atoms with Crippen LogP contribution in [0.3, 0.4) is 0 Å². The number of alkyl halides is 3. The molecule has 0 radical (unpaired) electrons. The quantitative estimate of drug-likeness (QED) is 0.528. The van der Waals surface area contributed by atoms with Crippen molar-refractivity contribution < 1.29 is 41.7 Å². The highest BCUT2D eigenvalue weighted by atomic mass is 19.4. The Balaban J connectivity index is 2.20. The third kappa shape index (κ3) is 5.63. The normalized spacial score (nSPS) is 20.6. The number of halogens is 3. The lowest BCUT2D eigenvalue weighted by Crippen LogP contribution is -2.46. The summed E-state index contributed by atoms with van der Waals surface area (Å²) in [6.07, 6.45) is -6.50. The highest BCUT2D eigenvalue weighted by molar-refractivity contribution is 5.92. The van der Waals surface area contributed by atoms with Gasteiger partial charge >= 0.3 is 18.5 Å². The topological polar surface area (TPSA) is 86.7 Å². The Kier molecular flexibility index (Phi) is 8.06. The Hall–Kier alpha value is -3.24. The van der Waals surface area contributed by atoms with E-state index < -0.39 is 36.1 Å². The summed E-state index contributed by atoms with van der Waals surface area (Å²) in [5, 5.41) is 0. The van der Waals surface area contributed by atoms with E-state index in [1.165, 1.54) is 25.1 Å². The van der Waals surface area contributed by atoms with Gasteiger partial charge in [0.2, 0.25) is 0 Å². The van der Waals surface area contributed by atoms with Crippen LogP contribution in [0.2, 0.25) is 0 Å². The van der Waals surface area contributed by atoms with E-state index in [-0.39, 0.29) is 36.1 Å². The minimum atomic E-state index is -4.71. The second kappa shape index (κ2) is 10.8. The molecule has 8 nitrogen and oxygen atoms in total. The highest BCUT2D eigenvalue weighted by Crippen LogP contribution is 2.44. The molecule has 2 heterocycles. The van der Waals surface area contributed by atoms with Gasteiger partial charge in [0.25, 0.3) is 0 Å². The Morgan fingerprint density at radius 2 is 1.68 bits per heavy atom. The van der Waals surface area contributed by atoms with E-state index in [1.807, 2.05) is 4.90 Å². The first-order valence-corrected chi connectivity index (χ1v) is 11.1. The number of benzene rings is 1. The minimum Gasteiger partial charge on any atom is -0.435 e. The molecule has 1 saturated heterocycles. The Morgan fingerprint density at radius 3 is 2.29 bits per heavy atom. The van der Waals surface area contributed by atoms with Crippen LogP contribution >= 0.6 is 0 Å². The largest absolute Gasteiger partial charge is 0.513 e. The third-order valence-corrected chi connectivity index (χ3v) is 5.45. The summed E-state index contributed by atoms with van der Waals surface area (Å²) in [5.74, 6) is -1.23. The average molecular weight is 484 g/mol. The van der Waals surface area contributed by atoms with Crippen LogP contribution in [0.15, 0.2) is 40.7 Å². The van der Waals surface area contributed by atoms with Gasteiger partial charge in [0, 0.05) is 13.1 Å². The lowest BCUT2D eigenvalue weighted by atomic mass is 9.84. The van der Waals surface area contributed by atoms with Crippen LogP contribution in [0.4, 0.5) is 22.8 Å². The maximum atomic E-state index is 14.0. The molecule has 2 aliphatic heterocycles. The van der Waals surface area contributed by atoms with Gasteiger partial charge in [0.15, 0.2) is 6.10 Å². The van der Waals surface area contributed by atoms with Gasteiger partial charge in [-0.15, -0.1) is 0 Å². The van der Waals surface area contributed by atoms with Gasteiger partial charge in [-0.3, -0.25) is 0 Å². The zero-order valence-corrected chi connectivity index (χ0v) is 19.2. The molecule has 1 aromatic carbocycles. The Morgan fingerprint density at radius 1 is 1.06 bits per heavy atom. The summed E-state index contributed by atoms with van der Waals surface area (Å²) in [6, 6.07) is 4.89. The van der Waals surface area contributed by atoms with Crippen LogP contribution in [0.25, 0.3) is 0 Å². The molecule has 0 bridgehead atoms. The molecule has 34 heavy (non-hydrogen) atoms. The van der Waals surface area contributed by atoms with Crippen LogP contribution in [-0.2, 0) is 25.1 Å². The molecule has 2 aliphatic rings. The summed E-state index contributed by atoms with van der Waals surface area (Å²) in [7, 11) is 0. The van der Waals surface area contributed by atoms with Gasteiger partial charge < -0.3 is 23.8 Å².